The summed E-state index contributed by atoms with van der Waals surface area (Å²) >= 11 is 1.24. The molecule has 0 unspecified atom stereocenters. The smallest absolute Gasteiger partial charge is 0.294 e. The molecule has 0 aliphatic carbocycles. The number of fused-ring (bicyclic) bond motifs is 1. The van der Waals surface area contributed by atoms with Crippen LogP contribution in [0.25, 0.3) is 0 Å². The summed E-state index contributed by atoms with van der Waals surface area (Å²) in [5.41, 5.74) is 0.573. The Morgan fingerprint density at radius 3 is 2.80 bits per heavy atom. The van der Waals surface area contributed by atoms with Crippen LogP contribution in [0, 0.1) is 0 Å². The largest absolute Gasteiger partial charge is 0.324 e. The standard InChI is InChI=1S/C8H7NO4S2/c10-8-4-14-7-3-5(15(11,12)13)1-2-6(7)9-8/h1-3H,4H2,(H,9,10)(H,11,12,13). The van der Waals surface area contributed by atoms with E-state index in [9.17, 15) is 13.2 Å². The molecule has 80 valence electrons. The van der Waals surface area contributed by atoms with Gasteiger partial charge in [-0.2, -0.15) is 8.42 Å². The van der Waals surface area contributed by atoms with Gasteiger partial charge in [-0.25, -0.2) is 0 Å². The van der Waals surface area contributed by atoms with E-state index < -0.39 is 10.1 Å². The highest BCUT2D eigenvalue weighted by Crippen LogP contribution is 2.32. The molecule has 1 aromatic rings. The fraction of sp³-hybridized carbons (Fsp3) is 0.125. The van der Waals surface area contributed by atoms with E-state index in [0.717, 1.165) is 0 Å². The molecule has 0 aromatic heterocycles. The van der Waals surface area contributed by atoms with Gasteiger partial charge in [-0.15, -0.1) is 11.8 Å². The van der Waals surface area contributed by atoms with Gasteiger partial charge in [0.25, 0.3) is 10.1 Å². The van der Waals surface area contributed by atoms with Crippen LogP contribution in [0.5, 0.6) is 0 Å². The third-order valence-corrected chi connectivity index (χ3v) is 3.79. The van der Waals surface area contributed by atoms with Crippen LogP contribution in [0.1, 0.15) is 0 Å². The Kier molecular flexibility index (Phi) is 2.45. The molecule has 1 amide bonds. The van der Waals surface area contributed by atoms with Crippen molar-refractivity contribution in [3.8, 4) is 0 Å². The van der Waals surface area contributed by atoms with E-state index in [0.29, 0.717) is 10.6 Å². The van der Waals surface area contributed by atoms with Gasteiger partial charge in [-0.3, -0.25) is 9.35 Å². The van der Waals surface area contributed by atoms with Crippen LogP contribution < -0.4 is 5.32 Å². The molecule has 0 saturated carbocycles. The maximum absolute atomic E-state index is 11.0. The van der Waals surface area contributed by atoms with Crippen LogP contribution in [0.3, 0.4) is 0 Å². The van der Waals surface area contributed by atoms with E-state index >= 15 is 0 Å². The maximum Gasteiger partial charge on any atom is 0.294 e. The van der Waals surface area contributed by atoms with Gasteiger partial charge in [0.1, 0.15) is 0 Å². The second-order valence-electron chi connectivity index (χ2n) is 2.97. The summed E-state index contributed by atoms with van der Waals surface area (Å²) in [6.45, 7) is 0. The van der Waals surface area contributed by atoms with Gasteiger partial charge in [-0.05, 0) is 18.2 Å². The highest BCUT2D eigenvalue weighted by atomic mass is 32.2. The van der Waals surface area contributed by atoms with Crippen molar-refractivity contribution in [3.63, 3.8) is 0 Å². The number of carbonyl (C=O) groups is 1. The molecule has 1 aliphatic rings. The molecular formula is C8H7NO4S2. The monoisotopic (exact) mass is 245 g/mol. The molecule has 1 aromatic carbocycles. The predicted octanol–water partition coefficient (Wildman–Crippen LogP) is 0.978. The van der Waals surface area contributed by atoms with E-state index in [-0.39, 0.29) is 16.6 Å². The molecule has 1 aliphatic heterocycles. The molecule has 7 heteroatoms. The number of nitrogens with one attached hydrogen (secondary N) is 1. The van der Waals surface area contributed by atoms with Crippen LogP contribution >= 0.6 is 11.8 Å². The molecule has 15 heavy (non-hydrogen) atoms. The Morgan fingerprint density at radius 2 is 2.13 bits per heavy atom. The van der Waals surface area contributed by atoms with Crippen molar-refractivity contribution in [1.82, 2.24) is 0 Å². The molecule has 0 saturated heterocycles. The summed E-state index contributed by atoms with van der Waals surface area (Å²) in [5.74, 6) is 0.133. The normalized spacial score (nSPS) is 15.7. The van der Waals surface area contributed by atoms with E-state index in [2.05, 4.69) is 5.32 Å². The van der Waals surface area contributed by atoms with Crippen molar-refractivity contribution in [2.45, 2.75) is 9.79 Å². The highest BCUT2D eigenvalue weighted by molar-refractivity contribution is 8.00. The first kappa shape index (κ1) is 10.5. The average molecular weight is 245 g/mol. The first-order valence-electron chi connectivity index (χ1n) is 4.01. The molecule has 2 N–H and O–H groups in total. The van der Waals surface area contributed by atoms with E-state index in [1.54, 1.807) is 0 Å². The quantitative estimate of drug-likeness (QED) is 0.720. The lowest BCUT2D eigenvalue weighted by Gasteiger charge is -2.16. The Labute approximate surface area is 90.6 Å². The topological polar surface area (TPSA) is 83.5 Å². The van der Waals surface area contributed by atoms with Gasteiger partial charge in [0, 0.05) is 4.90 Å². The summed E-state index contributed by atoms with van der Waals surface area (Å²) in [7, 11) is -4.18. The second-order valence-corrected chi connectivity index (χ2v) is 5.41. The van der Waals surface area contributed by atoms with Crippen molar-refractivity contribution in [2.24, 2.45) is 0 Å². The SMILES string of the molecule is O=C1CSc2cc(S(=O)(=O)O)ccc2N1. The lowest BCUT2D eigenvalue weighted by molar-refractivity contribution is -0.113. The molecule has 2 rings (SSSR count). The van der Waals surface area contributed by atoms with Crippen LogP contribution in [0.2, 0.25) is 0 Å². The number of carbonyl (C=O) groups excluding carboxylic acids is 1. The van der Waals surface area contributed by atoms with Crippen molar-refractivity contribution < 1.29 is 17.8 Å². The summed E-state index contributed by atoms with van der Waals surface area (Å²) in [6, 6.07) is 4.05. The molecule has 0 fully saturated rings. The fourth-order valence-electron chi connectivity index (χ4n) is 1.22. The van der Waals surface area contributed by atoms with Crippen molar-refractivity contribution in [1.29, 1.82) is 0 Å². The zero-order chi connectivity index (χ0) is 11.1. The van der Waals surface area contributed by atoms with E-state index in [1.165, 1.54) is 30.0 Å². The molecule has 0 atom stereocenters. The Bertz CT molecular complexity index is 523. The fourth-order valence-corrected chi connectivity index (χ4v) is 2.64. The number of hydrogen-bond acceptors (Lipinski definition) is 4. The van der Waals surface area contributed by atoms with Crippen molar-refractivity contribution in [2.75, 3.05) is 11.1 Å². The molecular weight excluding hydrogens is 238 g/mol. The zero-order valence-electron chi connectivity index (χ0n) is 7.43. The third-order valence-electron chi connectivity index (χ3n) is 1.88. The van der Waals surface area contributed by atoms with Crippen molar-refractivity contribution in [3.05, 3.63) is 18.2 Å². The highest BCUT2D eigenvalue weighted by Gasteiger charge is 2.18. The summed E-state index contributed by atoms with van der Waals surface area (Å²) in [5, 5.41) is 2.60. The third kappa shape index (κ3) is 2.14. The molecule has 1 heterocycles. The Morgan fingerprint density at radius 1 is 1.40 bits per heavy atom. The van der Waals surface area contributed by atoms with Crippen LogP contribution in [-0.4, -0.2) is 24.6 Å². The summed E-state index contributed by atoms with van der Waals surface area (Å²) in [4.78, 5) is 11.5. The molecule has 0 spiro atoms. The van der Waals surface area contributed by atoms with E-state index in [1.807, 2.05) is 0 Å². The minimum Gasteiger partial charge on any atom is -0.324 e. The van der Waals surface area contributed by atoms with Crippen molar-refractivity contribution >= 4 is 33.5 Å². The average Bonchev–Trinajstić information content (AvgIpc) is 2.15. The van der Waals surface area contributed by atoms with Gasteiger partial charge in [0.15, 0.2) is 0 Å². The second kappa shape index (κ2) is 3.51. The number of rotatable bonds is 1. The predicted molar refractivity (Wildman–Crippen MR) is 55.6 cm³/mol. The minimum atomic E-state index is -4.18. The summed E-state index contributed by atoms with van der Waals surface area (Å²) in [6.07, 6.45) is 0. The number of thioether (sulfide) groups is 1. The van der Waals surface area contributed by atoms with Gasteiger partial charge < -0.3 is 5.32 Å². The van der Waals surface area contributed by atoms with E-state index in [4.69, 9.17) is 4.55 Å². The lowest BCUT2D eigenvalue weighted by Crippen LogP contribution is -2.18. The Balaban J connectivity index is 2.48. The minimum absolute atomic E-state index is 0.118. The van der Waals surface area contributed by atoms with Crippen LogP contribution in [0.4, 0.5) is 5.69 Å². The van der Waals surface area contributed by atoms with Gasteiger partial charge in [-0.1, -0.05) is 0 Å². The number of hydrogen-bond donors (Lipinski definition) is 2. The van der Waals surface area contributed by atoms with Gasteiger partial charge in [0.2, 0.25) is 5.91 Å². The lowest BCUT2D eigenvalue weighted by atomic mass is 10.3. The molecule has 0 radical (unpaired) electrons. The van der Waals surface area contributed by atoms with Gasteiger partial charge in [0.05, 0.1) is 16.3 Å². The Hall–Kier alpha value is -1.05. The maximum atomic E-state index is 11.0. The number of anilines is 1. The zero-order valence-corrected chi connectivity index (χ0v) is 9.06. The first-order valence-corrected chi connectivity index (χ1v) is 6.43. The summed E-state index contributed by atoms with van der Waals surface area (Å²) < 4.78 is 30.5. The molecule has 5 nitrogen and oxygen atoms in total. The first-order chi connectivity index (χ1) is 6.97. The van der Waals surface area contributed by atoms with Gasteiger partial charge >= 0.3 is 0 Å². The molecule has 0 bridgehead atoms. The number of benzene rings is 1. The van der Waals surface area contributed by atoms with Crippen LogP contribution in [-0.2, 0) is 14.9 Å². The number of amides is 1. The van der Waals surface area contributed by atoms with Crippen LogP contribution in [0.15, 0.2) is 28.0 Å².